The van der Waals surface area contributed by atoms with E-state index in [0.29, 0.717) is 35.8 Å². The van der Waals surface area contributed by atoms with Gasteiger partial charge in [-0.25, -0.2) is 0 Å². The molecular weight excluding hydrogens is 488 g/mol. The van der Waals surface area contributed by atoms with Crippen LogP contribution in [0.5, 0.6) is 11.5 Å². The van der Waals surface area contributed by atoms with Crippen molar-refractivity contribution in [2.24, 2.45) is 0 Å². The van der Waals surface area contributed by atoms with Crippen LogP contribution in [0, 0.1) is 0 Å². The molecule has 4 N–H and O–H groups in total. The van der Waals surface area contributed by atoms with Crippen LogP contribution < -0.4 is 20.9 Å². The number of benzene rings is 3. The van der Waals surface area contributed by atoms with E-state index in [0.717, 1.165) is 34.4 Å². The first-order chi connectivity index (χ1) is 19.0. The minimum Gasteiger partial charge on any atom is -0.493 e. The van der Waals surface area contributed by atoms with E-state index in [2.05, 4.69) is 17.1 Å². The van der Waals surface area contributed by atoms with Gasteiger partial charge in [0.2, 0.25) is 5.91 Å². The first-order valence-electron chi connectivity index (χ1n) is 12.8. The average Bonchev–Trinajstić information content (AvgIpc) is 2.96. The monoisotopic (exact) mass is 520 g/mol. The second-order valence-corrected chi connectivity index (χ2v) is 9.53. The Balaban J connectivity index is 1.48. The minimum atomic E-state index is -0.260. The lowest BCUT2D eigenvalue weighted by Crippen LogP contribution is -2.40. The highest BCUT2D eigenvalue weighted by Gasteiger charge is 2.31. The van der Waals surface area contributed by atoms with Gasteiger partial charge in [0.15, 0.2) is 11.5 Å². The van der Waals surface area contributed by atoms with Crippen LogP contribution in [0.1, 0.15) is 39.6 Å². The Labute approximate surface area is 228 Å². The third-order valence-electron chi connectivity index (χ3n) is 7.07. The number of hydrogen-bond donors (Lipinski definition) is 2. The number of amides is 1. The molecule has 2 heterocycles. The lowest BCUT2D eigenvalue weighted by Gasteiger charge is -2.36. The quantitative estimate of drug-likeness (QED) is 0.261. The van der Waals surface area contributed by atoms with Crippen LogP contribution >= 0.6 is 0 Å². The molecule has 7 nitrogen and oxygen atoms in total. The van der Waals surface area contributed by atoms with Crippen molar-refractivity contribution in [1.29, 1.82) is 0 Å². The summed E-state index contributed by atoms with van der Waals surface area (Å²) in [6, 6.07) is 23.2. The van der Waals surface area contributed by atoms with Gasteiger partial charge in [-0.15, -0.1) is 0 Å². The molecule has 0 saturated heterocycles. The second-order valence-electron chi connectivity index (χ2n) is 9.53. The summed E-state index contributed by atoms with van der Waals surface area (Å²) >= 11 is 0. The standard InChI is InChI=1S/C32H32N4O3/c1-38-29-19-21(17-23-10-12-25(33)20-27(23)34)18-24(32(29)39-2)11-13-30(37)36-16-14-22-7-3-4-8-26(22)31(36)28-9-5-6-15-35-28/h3-13,15,18-20,31H,14,16-17,33-34H2,1-2H3/b13-11+/t31-/m1/s1. The van der Waals surface area contributed by atoms with Gasteiger partial charge < -0.3 is 25.8 Å². The fraction of sp³-hybridized carbons (Fsp3) is 0.188. The molecule has 5 rings (SSSR count). The average molecular weight is 521 g/mol. The molecule has 0 fully saturated rings. The molecule has 0 radical (unpaired) electrons. The van der Waals surface area contributed by atoms with Crippen molar-refractivity contribution in [2.75, 3.05) is 32.2 Å². The number of rotatable bonds is 7. The van der Waals surface area contributed by atoms with Crippen molar-refractivity contribution in [3.8, 4) is 11.5 Å². The number of methoxy groups -OCH3 is 2. The van der Waals surface area contributed by atoms with E-state index in [-0.39, 0.29) is 11.9 Å². The first-order valence-corrected chi connectivity index (χ1v) is 12.8. The van der Waals surface area contributed by atoms with Crippen LogP contribution in [0.15, 0.2) is 85.1 Å². The smallest absolute Gasteiger partial charge is 0.247 e. The van der Waals surface area contributed by atoms with Gasteiger partial charge in [0.05, 0.1) is 26.0 Å². The Hall–Kier alpha value is -4.78. The van der Waals surface area contributed by atoms with Crippen LogP contribution in [-0.4, -0.2) is 36.6 Å². The van der Waals surface area contributed by atoms with Crippen molar-refractivity contribution >= 4 is 23.4 Å². The summed E-state index contributed by atoms with van der Waals surface area (Å²) in [7, 11) is 3.19. The predicted octanol–water partition coefficient (Wildman–Crippen LogP) is 5.04. The summed E-state index contributed by atoms with van der Waals surface area (Å²) in [6.07, 6.45) is 6.51. The van der Waals surface area contributed by atoms with Crippen molar-refractivity contribution in [2.45, 2.75) is 18.9 Å². The zero-order chi connectivity index (χ0) is 27.4. The lowest BCUT2D eigenvalue weighted by atomic mass is 9.90. The molecule has 39 heavy (non-hydrogen) atoms. The minimum absolute atomic E-state index is 0.102. The molecule has 7 heteroatoms. The number of anilines is 2. The topological polar surface area (TPSA) is 104 Å². The van der Waals surface area contributed by atoms with Crippen LogP contribution in [0.25, 0.3) is 6.08 Å². The molecule has 0 spiro atoms. The Kier molecular flexibility index (Phi) is 7.50. The van der Waals surface area contributed by atoms with Crippen molar-refractivity contribution in [3.05, 3.63) is 119 Å². The molecule has 3 aromatic carbocycles. The Morgan fingerprint density at radius 2 is 1.85 bits per heavy atom. The van der Waals surface area contributed by atoms with Crippen molar-refractivity contribution in [3.63, 3.8) is 0 Å². The number of carbonyl (C=O) groups is 1. The molecule has 1 aromatic heterocycles. The van der Waals surface area contributed by atoms with Crippen molar-refractivity contribution < 1.29 is 14.3 Å². The molecule has 0 bridgehead atoms. The number of hydrogen-bond acceptors (Lipinski definition) is 6. The number of nitrogens with two attached hydrogens (primary N) is 2. The highest BCUT2D eigenvalue weighted by atomic mass is 16.5. The first kappa shape index (κ1) is 25.9. The third kappa shape index (κ3) is 5.43. The normalized spacial score (nSPS) is 14.7. The van der Waals surface area contributed by atoms with E-state index in [4.69, 9.17) is 20.9 Å². The van der Waals surface area contributed by atoms with Gasteiger partial charge in [-0.2, -0.15) is 0 Å². The number of ether oxygens (including phenoxy) is 2. The summed E-state index contributed by atoms with van der Waals surface area (Å²) in [4.78, 5) is 20.2. The summed E-state index contributed by atoms with van der Waals surface area (Å²) in [5, 5.41) is 0. The number of aromatic nitrogens is 1. The second kappa shape index (κ2) is 11.3. The fourth-order valence-electron chi connectivity index (χ4n) is 5.19. The number of pyridine rings is 1. The largest absolute Gasteiger partial charge is 0.493 e. The molecule has 198 valence electrons. The van der Waals surface area contributed by atoms with Crippen LogP contribution in [-0.2, 0) is 17.6 Å². The van der Waals surface area contributed by atoms with E-state index in [1.54, 1.807) is 38.6 Å². The van der Waals surface area contributed by atoms with E-state index >= 15 is 0 Å². The van der Waals surface area contributed by atoms with E-state index < -0.39 is 0 Å². The highest BCUT2D eigenvalue weighted by Crippen LogP contribution is 2.36. The molecule has 1 atom stereocenters. The van der Waals surface area contributed by atoms with E-state index in [9.17, 15) is 4.79 Å². The van der Waals surface area contributed by atoms with Gasteiger partial charge in [-0.05, 0) is 77.6 Å². The number of carbonyl (C=O) groups excluding carboxylic acids is 1. The summed E-state index contributed by atoms with van der Waals surface area (Å²) in [5.41, 5.74) is 19.2. The third-order valence-corrected chi connectivity index (χ3v) is 7.07. The Bertz CT molecular complexity index is 1520. The van der Waals surface area contributed by atoms with Gasteiger partial charge in [0.1, 0.15) is 0 Å². The molecule has 0 aliphatic carbocycles. The molecule has 1 aliphatic heterocycles. The van der Waals surface area contributed by atoms with Crippen LogP contribution in [0.2, 0.25) is 0 Å². The SMILES string of the molecule is COc1cc(Cc2ccc(N)cc2N)cc(/C=C/C(=O)N2CCc3ccccc3[C@@H]2c2ccccn2)c1OC. The molecule has 1 aliphatic rings. The lowest BCUT2D eigenvalue weighted by molar-refractivity contribution is -0.128. The highest BCUT2D eigenvalue weighted by molar-refractivity contribution is 5.93. The van der Waals surface area contributed by atoms with Crippen molar-refractivity contribution in [1.82, 2.24) is 9.88 Å². The molecule has 0 unspecified atom stereocenters. The van der Waals surface area contributed by atoms with Gasteiger partial charge >= 0.3 is 0 Å². The maximum absolute atomic E-state index is 13.7. The molecule has 1 amide bonds. The number of nitrogen functional groups attached to an aromatic ring is 2. The number of fused-ring (bicyclic) bond motifs is 1. The van der Waals surface area contributed by atoms with Gasteiger partial charge in [-0.1, -0.05) is 36.4 Å². The summed E-state index contributed by atoms with van der Waals surface area (Å²) in [5.74, 6) is 1.03. The maximum Gasteiger partial charge on any atom is 0.247 e. The van der Waals surface area contributed by atoms with Crippen LogP contribution in [0.3, 0.4) is 0 Å². The molecule has 0 saturated carbocycles. The van der Waals surface area contributed by atoms with Gasteiger partial charge in [0.25, 0.3) is 0 Å². The number of nitrogens with zero attached hydrogens (tertiary/aromatic N) is 2. The zero-order valence-corrected chi connectivity index (χ0v) is 22.1. The molecule has 4 aromatic rings. The van der Waals surface area contributed by atoms with E-state index in [1.807, 2.05) is 59.5 Å². The maximum atomic E-state index is 13.7. The Morgan fingerprint density at radius 1 is 1.03 bits per heavy atom. The van der Waals surface area contributed by atoms with Gasteiger partial charge in [-0.3, -0.25) is 9.78 Å². The van der Waals surface area contributed by atoms with E-state index in [1.165, 1.54) is 5.56 Å². The van der Waals surface area contributed by atoms with Gasteiger partial charge in [0, 0.05) is 35.8 Å². The summed E-state index contributed by atoms with van der Waals surface area (Å²) in [6.45, 7) is 0.596. The molecular formula is C32H32N4O3. The van der Waals surface area contributed by atoms with Crippen LogP contribution in [0.4, 0.5) is 11.4 Å². The predicted molar refractivity (Wildman–Crippen MR) is 155 cm³/mol. The Morgan fingerprint density at radius 3 is 2.59 bits per heavy atom. The summed E-state index contributed by atoms with van der Waals surface area (Å²) < 4.78 is 11.3. The fourth-order valence-corrected chi connectivity index (χ4v) is 5.19. The zero-order valence-electron chi connectivity index (χ0n) is 22.1.